The Morgan fingerprint density at radius 3 is 2.41 bits per heavy atom. The smallest absolute Gasteiger partial charge is 0.303 e. The minimum absolute atomic E-state index is 0.123. The standard InChI is InChI=1S/C21H21ClN2O5/c1-28-18-8-5-14(11-19(18)29-2)16-12-17(13-3-6-15(22)7-4-13)24(23-16)20(25)9-10-21(26)27/h3-8,11,17H,9-10,12H2,1-2H3,(H,26,27)/t17-/m0/s1. The van der Waals surface area contributed by atoms with E-state index < -0.39 is 5.97 Å². The molecule has 0 aliphatic carbocycles. The van der Waals surface area contributed by atoms with Crippen LogP contribution in [0.2, 0.25) is 5.02 Å². The lowest BCUT2D eigenvalue weighted by Gasteiger charge is -2.22. The van der Waals surface area contributed by atoms with Crippen LogP contribution in [0.5, 0.6) is 11.5 Å². The number of ether oxygens (including phenoxy) is 2. The number of hydrogen-bond donors (Lipinski definition) is 1. The van der Waals surface area contributed by atoms with Crippen molar-refractivity contribution in [2.24, 2.45) is 5.10 Å². The van der Waals surface area contributed by atoms with E-state index >= 15 is 0 Å². The minimum Gasteiger partial charge on any atom is -0.493 e. The highest BCUT2D eigenvalue weighted by atomic mass is 35.5. The van der Waals surface area contributed by atoms with Crippen LogP contribution in [-0.4, -0.2) is 41.9 Å². The number of amides is 1. The van der Waals surface area contributed by atoms with Gasteiger partial charge in [0, 0.05) is 23.4 Å². The lowest BCUT2D eigenvalue weighted by Crippen LogP contribution is -2.27. The highest BCUT2D eigenvalue weighted by molar-refractivity contribution is 6.30. The van der Waals surface area contributed by atoms with Crippen molar-refractivity contribution in [2.45, 2.75) is 25.3 Å². The third kappa shape index (κ3) is 4.68. The fourth-order valence-electron chi connectivity index (χ4n) is 3.20. The molecule has 0 saturated carbocycles. The number of methoxy groups -OCH3 is 2. The summed E-state index contributed by atoms with van der Waals surface area (Å²) in [5, 5.41) is 15.4. The first kappa shape index (κ1) is 20.7. The van der Waals surface area contributed by atoms with E-state index in [4.69, 9.17) is 26.2 Å². The molecule has 2 aromatic carbocycles. The normalized spacial score (nSPS) is 15.8. The Labute approximate surface area is 173 Å². The second-order valence-electron chi connectivity index (χ2n) is 6.52. The average Bonchev–Trinajstić information content (AvgIpc) is 3.17. The third-order valence-corrected chi connectivity index (χ3v) is 4.94. The van der Waals surface area contributed by atoms with Crippen molar-refractivity contribution in [3.8, 4) is 11.5 Å². The number of hydrazone groups is 1. The van der Waals surface area contributed by atoms with Gasteiger partial charge < -0.3 is 14.6 Å². The quantitative estimate of drug-likeness (QED) is 0.739. The molecule has 0 unspecified atom stereocenters. The summed E-state index contributed by atoms with van der Waals surface area (Å²) < 4.78 is 10.6. The fraction of sp³-hybridized carbons (Fsp3) is 0.286. The zero-order chi connectivity index (χ0) is 21.0. The number of carbonyl (C=O) groups is 2. The molecule has 1 aliphatic rings. The Morgan fingerprint density at radius 2 is 1.79 bits per heavy atom. The van der Waals surface area contributed by atoms with Gasteiger partial charge in [0.05, 0.1) is 32.4 Å². The fourth-order valence-corrected chi connectivity index (χ4v) is 3.33. The van der Waals surface area contributed by atoms with E-state index in [0.717, 1.165) is 11.1 Å². The first-order valence-corrected chi connectivity index (χ1v) is 9.40. The summed E-state index contributed by atoms with van der Waals surface area (Å²) in [5.74, 6) is -0.211. The van der Waals surface area contributed by atoms with Crippen LogP contribution in [0.25, 0.3) is 0 Å². The van der Waals surface area contributed by atoms with E-state index in [1.807, 2.05) is 24.3 Å². The maximum Gasteiger partial charge on any atom is 0.303 e. The van der Waals surface area contributed by atoms with Gasteiger partial charge in [0.1, 0.15) is 0 Å². The Hall–Kier alpha value is -3.06. The van der Waals surface area contributed by atoms with Gasteiger partial charge in [-0.15, -0.1) is 0 Å². The van der Waals surface area contributed by atoms with Crippen LogP contribution in [0.1, 0.15) is 36.4 Å². The van der Waals surface area contributed by atoms with Crippen molar-refractivity contribution in [2.75, 3.05) is 14.2 Å². The van der Waals surface area contributed by atoms with Crippen LogP contribution in [0.4, 0.5) is 0 Å². The van der Waals surface area contributed by atoms with E-state index in [0.29, 0.717) is 28.7 Å². The molecule has 1 N–H and O–H groups in total. The topological polar surface area (TPSA) is 88.4 Å². The van der Waals surface area contributed by atoms with Gasteiger partial charge in [0.2, 0.25) is 5.91 Å². The molecule has 29 heavy (non-hydrogen) atoms. The maximum atomic E-state index is 12.7. The second kappa shape index (κ2) is 8.96. The lowest BCUT2D eigenvalue weighted by atomic mass is 9.98. The number of halogens is 1. The Bertz CT molecular complexity index is 943. The Balaban J connectivity index is 1.94. The van der Waals surface area contributed by atoms with Gasteiger partial charge in [-0.1, -0.05) is 23.7 Å². The number of aliphatic carboxylic acids is 1. The summed E-state index contributed by atoms with van der Waals surface area (Å²) in [6.45, 7) is 0. The van der Waals surface area contributed by atoms with E-state index in [1.54, 1.807) is 32.4 Å². The summed E-state index contributed by atoms with van der Waals surface area (Å²) in [4.78, 5) is 23.6. The van der Waals surface area contributed by atoms with Crippen LogP contribution >= 0.6 is 11.6 Å². The van der Waals surface area contributed by atoms with E-state index in [1.165, 1.54) is 5.01 Å². The number of rotatable bonds is 7. The van der Waals surface area contributed by atoms with Gasteiger partial charge in [-0.05, 0) is 35.9 Å². The monoisotopic (exact) mass is 416 g/mol. The highest BCUT2D eigenvalue weighted by Crippen LogP contribution is 2.36. The molecular formula is C21H21ClN2O5. The molecule has 0 saturated heterocycles. The number of nitrogens with zero attached hydrogens (tertiary/aromatic N) is 2. The third-order valence-electron chi connectivity index (χ3n) is 4.69. The van der Waals surface area contributed by atoms with Crippen LogP contribution in [0, 0.1) is 0 Å². The van der Waals surface area contributed by atoms with Crippen molar-refractivity contribution in [1.82, 2.24) is 5.01 Å². The molecule has 1 aliphatic heterocycles. The molecule has 7 nitrogen and oxygen atoms in total. The number of carboxylic acids is 1. The summed E-state index contributed by atoms with van der Waals surface area (Å²) in [6, 6.07) is 12.3. The van der Waals surface area contributed by atoms with Crippen LogP contribution in [0.15, 0.2) is 47.6 Å². The van der Waals surface area contributed by atoms with Gasteiger partial charge in [0.25, 0.3) is 0 Å². The van der Waals surface area contributed by atoms with Gasteiger partial charge in [0.15, 0.2) is 11.5 Å². The predicted molar refractivity (Wildman–Crippen MR) is 109 cm³/mol. The summed E-state index contributed by atoms with van der Waals surface area (Å²) in [5.41, 5.74) is 2.38. The minimum atomic E-state index is -1.02. The molecular weight excluding hydrogens is 396 g/mol. The van der Waals surface area contributed by atoms with Crippen molar-refractivity contribution in [3.63, 3.8) is 0 Å². The van der Waals surface area contributed by atoms with Crippen molar-refractivity contribution in [1.29, 1.82) is 0 Å². The number of hydrogen-bond acceptors (Lipinski definition) is 5. The van der Waals surface area contributed by atoms with Gasteiger partial charge >= 0.3 is 5.97 Å². The van der Waals surface area contributed by atoms with Crippen molar-refractivity contribution < 1.29 is 24.2 Å². The SMILES string of the molecule is COc1ccc(C2=NN(C(=O)CCC(=O)O)[C@H](c3ccc(Cl)cc3)C2)cc1OC. The van der Waals surface area contributed by atoms with Crippen LogP contribution < -0.4 is 9.47 Å². The molecule has 0 aromatic heterocycles. The summed E-state index contributed by atoms with van der Waals surface area (Å²) in [6.07, 6.45) is 0.113. The van der Waals surface area contributed by atoms with Gasteiger partial charge in [-0.25, -0.2) is 5.01 Å². The zero-order valence-electron chi connectivity index (χ0n) is 16.1. The molecule has 152 valence electrons. The Kier molecular flexibility index (Phi) is 6.39. The van der Waals surface area contributed by atoms with Crippen molar-refractivity contribution in [3.05, 3.63) is 58.6 Å². The van der Waals surface area contributed by atoms with E-state index in [9.17, 15) is 9.59 Å². The highest BCUT2D eigenvalue weighted by Gasteiger charge is 2.33. The first-order chi connectivity index (χ1) is 13.9. The molecule has 1 atom stereocenters. The Morgan fingerprint density at radius 1 is 1.10 bits per heavy atom. The van der Waals surface area contributed by atoms with E-state index in [2.05, 4.69) is 5.10 Å². The number of benzene rings is 2. The lowest BCUT2D eigenvalue weighted by molar-refractivity contribution is -0.141. The van der Waals surface area contributed by atoms with Crippen LogP contribution in [-0.2, 0) is 9.59 Å². The molecule has 8 heteroatoms. The first-order valence-electron chi connectivity index (χ1n) is 9.02. The van der Waals surface area contributed by atoms with Crippen LogP contribution in [0.3, 0.4) is 0 Å². The zero-order valence-corrected chi connectivity index (χ0v) is 16.8. The van der Waals surface area contributed by atoms with Crippen molar-refractivity contribution >= 4 is 29.2 Å². The molecule has 0 fully saturated rings. The number of carbonyl (C=O) groups excluding carboxylic acids is 1. The molecule has 0 radical (unpaired) electrons. The molecule has 1 amide bonds. The second-order valence-corrected chi connectivity index (χ2v) is 6.96. The number of carboxylic acid groups (broad SMARTS) is 1. The van der Waals surface area contributed by atoms with E-state index in [-0.39, 0.29) is 24.8 Å². The van der Waals surface area contributed by atoms with Gasteiger partial charge in [-0.3, -0.25) is 9.59 Å². The predicted octanol–water partition coefficient (Wildman–Crippen LogP) is 3.90. The molecule has 3 rings (SSSR count). The molecule has 0 spiro atoms. The molecule has 2 aromatic rings. The average molecular weight is 417 g/mol. The summed E-state index contributed by atoms with van der Waals surface area (Å²) >= 11 is 5.99. The molecule has 0 bridgehead atoms. The van der Waals surface area contributed by atoms with Gasteiger partial charge in [-0.2, -0.15) is 5.10 Å². The summed E-state index contributed by atoms with van der Waals surface area (Å²) in [7, 11) is 3.11. The largest absolute Gasteiger partial charge is 0.493 e. The molecule has 1 heterocycles. The maximum absolute atomic E-state index is 12.7.